The molecule has 5 N–H and O–H groups in total. The lowest BCUT2D eigenvalue weighted by molar-refractivity contribution is -0.277. The Kier molecular flexibility index (Phi) is 4.23. The number of benzene rings is 1. The molecule has 1 aromatic carbocycles. The predicted octanol–water partition coefficient (Wildman–Crippen LogP) is -1.43. The number of aliphatic hydroxyl groups is 4. The van der Waals surface area contributed by atoms with E-state index in [1.165, 1.54) is 24.3 Å². The summed E-state index contributed by atoms with van der Waals surface area (Å²) in [5.41, 5.74) is 0. The number of ether oxygens (including phenoxy) is 2. The van der Waals surface area contributed by atoms with Crippen molar-refractivity contribution in [3.63, 3.8) is 0 Å². The molecule has 1 saturated heterocycles. The zero-order valence-electron chi connectivity index (χ0n) is 9.96. The van der Waals surface area contributed by atoms with Crippen LogP contribution >= 0.6 is 0 Å². The summed E-state index contributed by atoms with van der Waals surface area (Å²) < 4.78 is 10.5. The third-order valence-electron chi connectivity index (χ3n) is 2.94. The minimum atomic E-state index is -1.48. The molecule has 7 nitrogen and oxygen atoms in total. The first-order valence-corrected chi connectivity index (χ1v) is 5.79. The Morgan fingerprint density at radius 3 is 2.21 bits per heavy atom. The fourth-order valence-electron chi connectivity index (χ4n) is 1.82. The average molecular weight is 272 g/mol. The molecule has 2 unspecified atom stereocenters. The monoisotopic (exact) mass is 272 g/mol. The highest BCUT2D eigenvalue weighted by Crippen LogP contribution is 2.25. The number of hydrogen-bond donors (Lipinski definition) is 5. The molecule has 5 atom stereocenters. The van der Waals surface area contributed by atoms with E-state index in [-0.39, 0.29) is 5.75 Å². The van der Waals surface area contributed by atoms with Crippen molar-refractivity contribution in [2.45, 2.75) is 30.7 Å². The van der Waals surface area contributed by atoms with E-state index in [9.17, 15) is 15.3 Å². The SMILES string of the molecule is OC[C@H]1O[C@@H](Oc2ccc(O)cc2)C(O)[C@@H](O)C1O. The first kappa shape index (κ1) is 14.0. The predicted molar refractivity (Wildman–Crippen MR) is 62.5 cm³/mol. The molecule has 19 heavy (non-hydrogen) atoms. The molecular formula is C12H16O7. The molecule has 0 aromatic heterocycles. The van der Waals surface area contributed by atoms with Gasteiger partial charge in [-0.2, -0.15) is 0 Å². The number of phenols is 1. The standard InChI is InChI=1S/C12H16O7/c13-5-8-9(15)10(16)11(17)12(19-8)18-7-3-1-6(14)2-4-7/h1-4,8-17H,5H2/t8-,9?,10+,11?,12-/m1/s1. The summed E-state index contributed by atoms with van der Waals surface area (Å²) in [5.74, 6) is 0.364. The van der Waals surface area contributed by atoms with Crippen LogP contribution in [0.1, 0.15) is 0 Å². The number of hydrogen-bond acceptors (Lipinski definition) is 7. The largest absolute Gasteiger partial charge is 0.508 e. The molecule has 0 saturated carbocycles. The molecule has 1 aromatic rings. The maximum atomic E-state index is 9.75. The van der Waals surface area contributed by atoms with Gasteiger partial charge in [-0.1, -0.05) is 0 Å². The van der Waals surface area contributed by atoms with Gasteiger partial charge in [0.15, 0.2) is 0 Å². The Labute approximate surface area is 109 Å². The molecule has 1 heterocycles. The molecule has 7 heteroatoms. The molecule has 1 aliphatic rings. The summed E-state index contributed by atoms with van der Waals surface area (Å²) in [6.45, 7) is -0.514. The highest BCUT2D eigenvalue weighted by molar-refractivity contribution is 5.30. The van der Waals surface area contributed by atoms with Crippen LogP contribution in [-0.4, -0.2) is 62.8 Å². The van der Waals surface area contributed by atoms with Crippen molar-refractivity contribution < 1.29 is 35.0 Å². The van der Waals surface area contributed by atoms with E-state index < -0.39 is 37.3 Å². The van der Waals surface area contributed by atoms with Gasteiger partial charge in [-0.25, -0.2) is 0 Å². The second kappa shape index (κ2) is 5.72. The van der Waals surface area contributed by atoms with Gasteiger partial charge >= 0.3 is 0 Å². The summed E-state index contributed by atoms with van der Waals surface area (Å²) in [5, 5.41) is 47.1. The molecule has 0 aliphatic carbocycles. The maximum absolute atomic E-state index is 9.75. The van der Waals surface area contributed by atoms with Crippen molar-refractivity contribution in [2.24, 2.45) is 0 Å². The third kappa shape index (κ3) is 2.96. The Morgan fingerprint density at radius 2 is 1.63 bits per heavy atom. The Hall–Kier alpha value is -1.38. The number of aromatic hydroxyl groups is 1. The topological polar surface area (TPSA) is 120 Å². The first-order valence-electron chi connectivity index (χ1n) is 5.79. The van der Waals surface area contributed by atoms with Crippen LogP contribution in [0, 0.1) is 0 Å². The highest BCUT2D eigenvalue weighted by Gasteiger charge is 2.44. The highest BCUT2D eigenvalue weighted by atomic mass is 16.7. The van der Waals surface area contributed by atoms with Crippen molar-refractivity contribution in [1.82, 2.24) is 0 Å². The van der Waals surface area contributed by atoms with E-state index >= 15 is 0 Å². The minimum absolute atomic E-state index is 0.0566. The summed E-state index contributed by atoms with van der Waals surface area (Å²) in [6, 6.07) is 5.69. The van der Waals surface area contributed by atoms with Crippen LogP contribution in [0.2, 0.25) is 0 Å². The Bertz CT molecular complexity index is 405. The van der Waals surface area contributed by atoms with Gasteiger partial charge in [0.1, 0.15) is 35.9 Å². The minimum Gasteiger partial charge on any atom is -0.508 e. The lowest BCUT2D eigenvalue weighted by Crippen LogP contribution is -2.60. The van der Waals surface area contributed by atoms with Crippen LogP contribution in [0.5, 0.6) is 11.5 Å². The van der Waals surface area contributed by atoms with Crippen LogP contribution in [0.4, 0.5) is 0 Å². The molecule has 0 radical (unpaired) electrons. The van der Waals surface area contributed by atoms with Crippen LogP contribution < -0.4 is 4.74 Å². The molecule has 0 bridgehead atoms. The second-order valence-electron chi connectivity index (χ2n) is 4.31. The summed E-state index contributed by atoms with van der Waals surface area (Å²) in [4.78, 5) is 0. The second-order valence-corrected chi connectivity index (χ2v) is 4.31. The van der Waals surface area contributed by atoms with Gasteiger partial charge in [-0.3, -0.25) is 0 Å². The maximum Gasteiger partial charge on any atom is 0.229 e. The Morgan fingerprint density at radius 1 is 1.00 bits per heavy atom. The fraction of sp³-hybridized carbons (Fsp3) is 0.500. The molecule has 2 rings (SSSR count). The van der Waals surface area contributed by atoms with Gasteiger partial charge < -0.3 is 35.0 Å². The van der Waals surface area contributed by atoms with E-state index in [0.717, 1.165) is 0 Å². The van der Waals surface area contributed by atoms with Crippen LogP contribution in [0.15, 0.2) is 24.3 Å². The van der Waals surface area contributed by atoms with Crippen molar-refractivity contribution in [1.29, 1.82) is 0 Å². The van der Waals surface area contributed by atoms with Gasteiger partial charge in [0.25, 0.3) is 0 Å². The number of rotatable bonds is 3. The quantitative estimate of drug-likeness (QED) is 0.457. The smallest absolute Gasteiger partial charge is 0.229 e. The number of phenolic OH excluding ortho intramolecular Hbond substituents is 1. The van der Waals surface area contributed by atoms with Crippen LogP contribution in [0.3, 0.4) is 0 Å². The third-order valence-corrected chi connectivity index (χ3v) is 2.94. The van der Waals surface area contributed by atoms with Gasteiger partial charge in [-0.05, 0) is 24.3 Å². The zero-order valence-corrected chi connectivity index (χ0v) is 9.96. The molecule has 1 fully saturated rings. The molecule has 0 spiro atoms. The van der Waals surface area contributed by atoms with Crippen molar-refractivity contribution in [2.75, 3.05) is 6.61 Å². The zero-order chi connectivity index (χ0) is 14.0. The summed E-state index contributed by atoms with van der Waals surface area (Å²) in [6.07, 6.45) is -6.58. The fourth-order valence-corrected chi connectivity index (χ4v) is 1.82. The lowest BCUT2D eigenvalue weighted by atomic mass is 9.99. The average Bonchev–Trinajstić information content (AvgIpc) is 2.42. The van der Waals surface area contributed by atoms with Crippen molar-refractivity contribution in [3.8, 4) is 11.5 Å². The molecule has 106 valence electrons. The normalized spacial score (nSPS) is 35.1. The van der Waals surface area contributed by atoms with Crippen LogP contribution in [-0.2, 0) is 4.74 Å². The molecule has 1 aliphatic heterocycles. The van der Waals surface area contributed by atoms with Gasteiger partial charge in [0.05, 0.1) is 6.61 Å². The summed E-state index contributed by atoms with van der Waals surface area (Å²) >= 11 is 0. The van der Waals surface area contributed by atoms with E-state index in [4.69, 9.17) is 19.7 Å². The summed E-state index contributed by atoms with van der Waals surface area (Å²) in [7, 11) is 0. The van der Waals surface area contributed by atoms with E-state index in [0.29, 0.717) is 5.75 Å². The van der Waals surface area contributed by atoms with Crippen molar-refractivity contribution >= 4 is 0 Å². The van der Waals surface area contributed by atoms with E-state index in [1.54, 1.807) is 0 Å². The van der Waals surface area contributed by atoms with E-state index in [2.05, 4.69) is 0 Å². The van der Waals surface area contributed by atoms with E-state index in [1.807, 2.05) is 0 Å². The number of aliphatic hydroxyl groups excluding tert-OH is 4. The van der Waals surface area contributed by atoms with Gasteiger partial charge in [-0.15, -0.1) is 0 Å². The molecule has 0 amide bonds. The Balaban J connectivity index is 2.08. The lowest BCUT2D eigenvalue weighted by Gasteiger charge is -2.39. The van der Waals surface area contributed by atoms with Gasteiger partial charge in [0, 0.05) is 0 Å². The van der Waals surface area contributed by atoms with Gasteiger partial charge in [0.2, 0.25) is 6.29 Å². The van der Waals surface area contributed by atoms with Crippen molar-refractivity contribution in [3.05, 3.63) is 24.3 Å². The van der Waals surface area contributed by atoms with Crippen LogP contribution in [0.25, 0.3) is 0 Å². The molecular weight excluding hydrogens is 256 g/mol. The first-order chi connectivity index (χ1) is 9.02.